The van der Waals surface area contributed by atoms with Crippen LogP contribution in [0.3, 0.4) is 0 Å². The van der Waals surface area contributed by atoms with E-state index in [0.717, 1.165) is 0 Å². The van der Waals surface area contributed by atoms with Crippen LogP contribution in [0.15, 0.2) is 59.5 Å². The maximum atomic E-state index is 12.2. The van der Waals surface area contributed by atoms with Gasteiger partial charge in [0.15, 0.2) is 0 Å². The first-order chi connectivity index (χ1) is 10.8. The van der Waals surface area contributed by atoms with Crippen molar-refractivity contribution in [3.63, 3.8) is 0 Å². The van der Waals surface area contributed by atoms with E-state index >= 15 is 0 Å². The van der Waals surface area contributed by atoms with E-state index in [2.05, 4.69) is 10.9 Å². The van der Waals surface area contributed by atoms with Gasteiger partial charge in [-0.05, 0) is 48.2 Å². The van der Waals surface area contributed by atoms with E-state index in [4.69, 9.17) is 0 Å². The van der Waals surface area contributed by atoms with Crippen molar-refractivity contribution in [2.24, 2.45) is 0 Å². The first kappa shape index (κ1) is 16.9. The largest absolute Gasteiger partial charge is 0.446 e. The molecule has 0 radical (unpaired) electrons. The average molecular weight is 340 g/mol. The molecule has 0 aliphatic heterocycles. The molecule has 0 aromatic heterocycles. The van der Waals surface area contributed by atoms with Crippen LogP contribution in [0.5, 0.6) is 0 Å². The molecule has 0 spiro atoms. The van der Waals surface area contributed by atoms with Gasteiger partial charge in [-0.3, -0.25) is 20.4 Å². The molecule has 120 valence electrons. The Bertz CT molecular complexity index is 688. The number of carbonyl (C=O) groups is 2. The van der Waals surface area contributed by atoms with E-state index in [1.807, 2.05) is 0 Å². The van der Waals surface area contributed by atoms with Crippen molar-refractivity contribution in [1.29, 1.82) is 0 Å². The summed E-state index contributed by atoms with van der Waals surface area (Å²) in [4.78, 5) is 23.5. The molecule has 0 saturated carbocycles. The summed E-state index contributed by atoms with van der Waals surface area (Å²) in [7, 11) is 0. The zero-order valence-corrected chi connectivity index (χ0v) is 12.4. The Morgan fingerprint density at radius 3 is 1.74 bits per heavy atom. The number of benzene rings is 2. The Balaban J connectivity index is 1.92. The lowest BCUT2D eigenvalue weighted by atomic mass is 10.2. The van der Waals surface area contributed by atoms with Crippen LogP contribution in [0, 0.1) is 0 Å². The molecular formula is C15H11F3N2O2S. The summed E-state index contributed by atoms with van der Waals surface area (Å²) < 4.78 is 36.6. The highest BCUT2D eigenvalue weighted by atomic mass is 32.2. The lowest BCUT2D eigenvalue weighted by molar-refractivity contribution is -0.0328. The van der Waals surface area contributed by atoms with Gasteiger partial charge in [-0.25, -0.2) is 0 Å². The molecule has 2 rings (SSSR count). The highest BCUT2D eigenvalue weighted by Crippen LogP contribution is 2.36. The first-order valence-electron chi connectivity index (χ1n) is 6.37. The van der Waals surface area contributed by atoms with Crippen molar-refractivity contribution in [2.75, 3.05) is 0 Å². The molecule has 0 aliphatic carbocycles. The molecule has 0 heterocycles. The van der Waals surface area contributed by atoms with Crippen molar-refractivity contribution in [3.05, 3.63) is 65.7 Å². The third kappa shape index (κ3) is 5.33. The Morgan fingerprint density at radius 1 is 0.783 bits per heavy atom. The Labute approximate surface area is 134 Å². The minimum absolute atomic E-state index is 0.0256. The molecule has 0 fully saturated rings. The normalized spacial score (nSPS) is 10.9. The van der Waals surface area contributed by atoms with Crippen molar-refractivity contribution in [2.45, 2.75) is 10.4 Å². The summed E-state index contributed by atoms with van der Waals surface area (Å²) in [5, 5.41) is 0. The number of hydrogen-bond donors (Lipinski definition) is 2. The molecule has 4 nitrogen and oxygen atoms in total. The SMILES string of the molecule is O=C(NNC(=O)c1ccc(SC(F)(F)F)cc1)c1ccccc1. The van der Waals surface area contributed by atoms with E-state index in [0.29, 0.717) is 5.56 Å². The van der Waals surface area contributed by atoms with Gasteiger partial charge in [-0.15, -0.1) is 0 Å². The summed E-state index contributed by atoms with van der Waals surface area (Å²) in [5.41, 5.74) is 0.537. The Hall–Kier alpha value is -2.48. The summed E-state index contributed by atoms with van der Waals surface area (Å²) in [6, 6.07) is 13.1. The molecular weight excluding hydrogens is 329 g/mol. The minimum atomic E-state index is -4.38. The number of hydrogen-bond acceptors (Lipinski definition) is 3. The number of amides is 2. The predicted molar refractivity (Wildman–Crippen MR) is 79.7 cm³/mol. The van der Waals surface area contributed by atoms with Gasteiger partial charge in [0, 0.05) is 16.0 Å². The summed E-state index contributed by atoms with van der Waals surface area (Å²) in [6.07, 6.45) is 0. The number of thioether (sulfide) groups is 1. The highest BCUT2D eigenvalue weighted by molar-refractivity contribution is 8.00. The smallest absolute Gasteiger partial charge is 0.267 e. The molecule has 8 heteroatoms. The highest BCUT2D eigenvalue weighted by Gasteiger charge is 2.29. The molecule has 2 aromatic rings. The van der Waals surface area contributed by atoms with Gasteiger partial charge >= 0.3 is 5.51 Å². The standard InChI is InChI=1S/C15H11F3N2O2S/c16-15(17,18)23-12-8-6-11(7-9-12)14(22)20-19-13(21)10-4-2-1-3-5-10/h1-9H,(H,19,21)(H,20,22). The molecule has 0 aliphatic rings. The molecule has 2 amide bonds. The van der Waals surface area contributed by atoms with Crippen LogP contribution in [0.1, 0.15) is 20.7 Å². The molecule has 2 N–H and O–H groups in total. The molecule has 23 heavy (non-hydrogen) atoms. The second-order valence-corrected chi connectivity index (χ2v) is 5.48. The maximum absolute atomic E-state index is 12.2. The number of alkyl halides is 3. The van der Waals surface area contributed by atoms with Gasteiger partial charge < -0.3 is 0 Å². The third-order valence-electron chi connectivity index (χ3n) is 2.68. The molecule has 2 aromatic carbocycles. The van der Waals surface area contributed by atoms with Crippen molar-refractivity contribution in [1.82, 2.24) is 10.9 Å². The summed E-state index contributed by atoms with van der Waals surface area (Å²) >= 11 is -0.265. The number of rotatable bonds is 3. The van der Waals surface area contributed by atoms with Crippen LogP contribution in [0.25, 0.3) is 0 Å². The molecule has 0 bridgehead atoms. The van der Waals surface area contributed by atoms with Crippen LogP contribution in [0.4, 0.5) is 13.2 Å². The first-order valence-corrected chi connectivity index (χ1v) is 7.18. The van der Waals surface area contributed by atoms with Gasteiger partial charge in [0.2, 0.25) is 0 Å². The van der Waals surface area contributed by atoms with Crippen LogP contribution >= 0.6 is 11.8 Å². The second kappa shape index (κ2) is 7.19. The van der Waals surface area contributed by atoms with E-state index in [1.165, 1.54) is 24.3 Å². The number of hydrazine groups is 1. The fourth-order valence-corrected chi connectivity index (χ4v) is 2.19. The lowest BCUT2D eigenvalue weighted by Crippen LogP contribution is -2.41. The van der Waals surface area contributed by atoms with Crippen LogP contribution < -0.4 is 10.9 Å². The fraction of sp³-hybridized carbons (Fsp3) is 0.0667. The van der Waals surface area contributed by atoms with E-state index < -0.39 is 17.3 Å². The van der Waals surface area contributed by atoms with Gasteiger partial charge in [-0.2, -0.15) is 13.2 Å². The fourth-order valence-electron chi connectivity index (χ4n) is 1.66. The second-order valence-electron chi connectivity index (χ2n) is 4.35. The topological polar surface area (TPSA) is 58.2 Å². The monoisotopic (exact) mass is 340 g/mol. The quantitative estimate of drug-likeness (QED) is 0.665. The lowest BCUT2D eigenvalue weighted by Gasteiger charge is -2.08. The van der Waals surface area contributed by atoms with Gasteiger partial charge in [0.1, 0.15) is 0 Å². The van der Waals surface area contributed by atoms with Crippen molar-refractivity contribution >= 4 is 23.6 Å². The maximum Gasteiger partial charge on any atom is 0.446 e. The Morgan fingerprint density at radius 2 is 1.26 bits per heavy atom. The van der Waals surface area contributed by atoms with Crippen molar-refractivity contribution < 1.29 is 22.8 Å². The van der Waals surface area contributed by atoms with Gasteiger partial charge in [-0.1, -0.05) is 18.2 Å². The molecule has 0 atom stereocenters. The summed E-state index contributed by atoms with van der Waals surface area (Å²) in [5.74, 6) is -1.12. The number of halogens is 3. The zero-order chi connectivity index (χ0) is 16.9. The summed E-state index contributed by atoms with van der Waals surface area (Å²) in [6.45, 7) is 0. The van der Waals surface area contributed by atoms with Crippen molar-refractivity contribution in [3.8, 4) is 0 Å². The molecule has 0 unspecified atom stereocenters. The van der Waals surface area contributed by atoms with Crippen LogP contribution in [0.2, 0.25) is 0 Å². The zero-order valence-electron chi connectivity index (χ0n) is 11.6. The Kier molecular flexibility index (Phi) is 5.28. The minimum Gasteiger partial charge on any atom is -0.267 e. The van der Waals surface area contributed by atoms with Gasteiger partial charge in [0.05, 0.1) is 0 Å². The molecule has 0 saturated heterocycles. The predicted octanol–water partition coefficient (Wildman–Crippen LogP) is 3.37. The van der Waals surface area contributed by atoms with Crippen LogP contribution in [-0.2, 0) is 0 Å². The average Bonchev–Trinajstić information content (AvgIpc) is 2.52. The van der Waals surface area contributed by atoms with E-state index in [9.17, 15) is 22.8 Å². The number of carbonyl (C=O) groups excluding carboxylic acids is 2. The van der Waals surface area contributed by atoms with Crippen LogP contribution in [-0.4, -0.2) is 17.3 Å². The van der Waals surface area contributed by atoms with E-state index in [1.54, 1.807) is 30.3 Å². The van der Waals surface area contributed by atoms with E-state index in [-0.39, 0.29) is 22.2 Å². The third-order valence-corrected chi connectivity index (χ3v) is 3.41. The van der Waals surface area contributed by atoms with Gasteiger partial charge in [0.25, 0.3) is 11.8 Å². The number of nitrogens with one attached hydrogen (secondary N) is 2.